The fourth-order valence-electron chi connectivity index (χ4n) is 2.75. The molecule has 0 aliphatic rings. The first kappa shape index (κ1) is 17.6. The Morgan fingerprint density at radius 1 is 0.885 bits per heavy atom. The zero-order valence-corrected chi connectivity index (χ0v) is 15.4. The number of aryl methyl sites for hydroxylation is 3. The molecule has 0 fully saturated rings. The Balaban J connectivity index is 1.84. The van der Waals surface area contributed by atoms with Crippen LogP contribution in [0.5, 0.6) is 0 Å². The Labute approximate surface area is 153 Å². The van der Waals surface area contributed by atoms with E-state index in [1.807, 2.05) is 31.2 Å². The van der Waals surface area contributed by atoms with Crippen LogP contribution in [-0.2, 0) is 0 Å². The number of nitrogens with zero attached hydrogens (tertiary/aromatic N) is 2. The Kier molecular flexibility index (Phi) is 4.98. The van der Waals surface area contributed by atoms with Crippen LogP contribution in [0.2, 0.25) is 0 Å². The molecule has 0 unspecified atom stereocenters. The van der Waals surface area contributed by atoms with Gasteiger partial charge in [0.25, 0.3) is 0 Å². The maximum absolute atomic E-state index is 11.4. The number of anilines is 4. The van der Waals surface area contributed by atoms with Crippen LogP contribution in [-0.4, -0.2) is 15.8 Å². The molecule has 2 aromatic carbocycles. The van der Waals surface area contributed by atoms with E-state index >= 15 is 0 Å². The summed E-state index contributed by atoms with van der Waals surface area (Å²) < 4.78 is 0. The fourth-order valence-corrected chi connectivity index (χ4v) is 2.75. The molecule has 2 N–H and O–H groups in total. The van der Waals surface area contributed by atoms with Crippen molar-refractivity contribution in [3.05, 3.63) is 70.9 Å². The summed E-state index contributed by atoms with van der Waals surface area (Å²) in [5.41, 5.74) is 5.72. The summed E-state index contributed by atoms with van der Waals surface area (Å²) in [5.74, 6) is 1.29. The summed E-state index contributed by atoms with van der Waals surface area (Å²) in [6.45, 7) is 7.60. The third-order valence-corrected chi connectivity index (χ3v) is 4.14. The van der Waals surface area contributed by atoms with Crippen molar-refractivity contribution in [2.45, 2.75) is 27.7 Å². The minimum absolute atomic E-state index is 0.0505. The van der Waals surface area contributed by atoms with Gasteiger partial charge in [0.05, 0.1) is 0 Å². The minimum Gasteiger partial charge on any atom is -0.340 e. The average Bonchev–Trinajstić information content (AvgIpc) is 2.58. The predicted molar refractivity (Wildman–Crippen MR) is 106 cm³/mol. The number of ketones is 1. The molecule has 5 nitrogen and oxygen atoms in total. The predicted octanol–water partition coefficient (Wildman–Crippen LogP) is 5.09. The van der Waals surface area contributed by atoms with Crippen molar-refractivity contribution in [3.8, 4) is 0 Å². The van der Waals surface area contributed by atoms with Crippen LogP contribution in [0.3, 0.4) is 0 Å². The standard InChI is InChI=1S/C21H22N4O/c1-13-6-5-7-14(2)20(13)25-21-22-15(3)12-19(24-21)23-18-10-8-17(9-11-18)16(4)26/h5-12H,1-4H3,(H2,22,23,24,25). The molecule has 1 heterocycles. The largest absolute Gasteiger partial charge is 0.340 e. The van der Waals surface area contributed by atoms with Gasteiger partial charge in [0.15, 0.2) is 5.78 Å². The van der Waals surface area contributed by atoms with E-state index in [2.05, 4.69) is 46.6 Å². The topological polar surface area (TPSA) is 66.9 Å². The summed E-state index contributed by atoms with van der Waals surface area (Å²) >= 11 is 0. The summed E-state index contributed by atoms with van der Waals surface area (Å²) in [7, 11) is 0. The Morgan fingerprint density at radius 2 is 1.54 bits per heavy atom. The molecule has 0 amide bonds. The van der Waals surface area contributed by atoms with Gasteiger partial charge in [0.2, 0.25) is 5.95 Å². The minimum atomic E-state index is 0.0505. The van der Waals surface area contributed by atoms with E-state index in [1.54, 1.807) is 19.1 Å². The lowest BCUT2D eigenvalue weighted by molar-refractivity contribution is 0.101. The summed E-state index contributed by atoms with van der Waals surface area (Å²) in [5, 5.41) is 6.59. The first-order chi connectivity index (χ1) is 12.4. The summed E-state index contributed by atoms with van der Waals surface area (Å²) in [6, 6.07) is 15.4. The smallest absolute Gasteiger partial charge is 0.229 e. The number of nitrogens with one attached hydrogen (secondary N) is 2. The fraction of sp³-hybridized carbons (Fsp3) is 0.190. The lowest BCUT2D eigenvalue weighted by Crippen LogP contribution is -2.04. The molecule has 0 saturated heterocycles. The number of Topliss-reactive ketones (excluding diaryl/α,β-unsaturated/α-hetero) is 1. The van der Waals surface area contributed by atoms with Crippen molar-refractivity contribution < 1.29 is 4.79 Å². The van der Waals surface area contributed by atoms with E-state index in [0.29, 0.717) is 17.3 Å². The number of benzene rings is 2. The van der Waals surface area contributed by atoms with Gasteiger partial charge in [-0.15, -0.1) is 0 Å². The molecule has 0 aliphatic heterocycles. The van der Waals surface area contributed by atoms with Crippen molar-refractivity contribution in [3.63, 3.8) is 0 Å². The number of hydrogen-bond acceptors (Lipinski definition) is 5. The second-order valence-corrected chi connectivity index (χ2v) is 6.37. The van der Waals surface area contributed by atoms with E-state index in [4.69, 9.17) is 0 Å². The molecule has 0 atom stereocenters. The Hall–Kier alpha value is -3.21. The van der Waals surface area contributed by atoms with E-state index < -0.39 is 0 Å². The van der Waals surface area contributed by atoms with Gasteiger partial charge in [-0.1, -0.05) is 18.2 Å². The SMILES string of the molecule is CC(=O)c1ccc(Nc2cc(C)nc(Nc3c(C)cccc3C)n2)cc1. The number of para-hydroxylation sites is 1. The highest BCUT2D eigenvalue weighted by molar-refractivity contribution is 5.94. The molecule has 0 radical (unpaired) electrons. The molecule has 0 bridgehead atoms. The van der Waals surface area contributed by atoms with Gasteiger partial charge in [-0.05, 0) is 63.1 Å². The van der Waals surface area contributed by atoms with E-state index in [9.17, 15) is 4.79 Å². The van der Waals surface area contributed by atoms with E-state index in [0.717, 1.165) is 28.2 Å². The molecule has 0 saturated carbocycles. The number of carbonyl (C=O) groups is 1. The van der Waals surface area contributed by atoms with Crippen molar-refractivity contribution in [1.82, 2.24) is 9.97 Å². The lowest BCUT2D eigenvalue weighted by Gasteiger charge is -2.13. The monoisotopic (exact) mass is 346 g/mol. The molecule has 26 heavy (non-hydrogen) atoms. The van der Waals surface area contributed by atoms with Crippen LogP contribution in [0, 0.1) is 20.8 Å². The molecule has 132 valence electrons. The Morgan fingerprint density at radius 3 is 2.15 bits per heavy atom. The quantitative estimate of drug-likeness (QED) is 0.630. The molecule has 1 aromatic heterocycles. The third kappa shape index (κ3) is 4.06. The zero-order chi connectivity index (χ0) is 18.7. The number of carbonyl (C=O) groups excluding carboxylic acids is 1. The van der Waals surface area contributed by atoms with Crippen LogP contribution >= 0.6 is 0 Å². The summed E-state index contributed by atoms with van der Waals surface area (Å²) in [4.78, 5) is 20.4. The van der Waals surface area contributed by atoms with Gasteiger partial charge in [-0.3, -0.25) is 4.79 Å². The molecular weight excluding hydrogens is 324 g/mol. The molecular formula is C21H22N4O. The normalized spacial score (nSPS) is 10.5. The third-order valence-electron chi connectivity index (χ3n) is 4.14. The van der Waals surface area contributed by atoms with Crippen LogP contribution in [0.15, 0.2) is 48.5 Å². The molecule has 5 heteroatoms. The average molecular weight is 346 g/mol. The highest BCUT2D eigenvalue weighted by atomic mass is 16.1. The summed E-state index contributed by atoms with van der Waals surface area (Å²) in [6.07, 6.45) is 0. The number of hydrogen-bond donors (Lipinski definition) is 2. The van der Waals surface area contributed by atoms with Crippen LogP contribution in [0.25, 0.3) is 0 Å². The van der Waals surface area contributed by atoms with Crippen molar-refractivity contribution in [1.29, 1.82) is 0 Å². The second kappa shape index (κ2) is 7.35. The van der Waals surface area contributed by atoms with Crippen LogP contribution in [0.4, 0.5) is 23.1 Å². The van der Waals surface area contributed by atoms with Crippen molar-refractivity contribution in [2.75, 3.05) is 10.6 Å². The van der Waals surface area contributed by atoms with Gasteiger partial charge in [0, 0.05) is 28.7 Å². The van der Waals surface area contributed by atoms with Gasteiger partial charge < -0.3 is 10.6 Å². The maximum Gasteiger partial charge on any atom is 0.229 e. The first-order valence-corrected chi connectivity index (χ1v) is 8.49. The highest BCUT2D eigenvalue weighted by Crippen LogP contribution is 2.24. The molecule has 0 aliphatic carbocycles. The molecule has 3 aromatic rings. The molecule has 0 spiro atoms. The number of rotatable bonds is 5. The maximum atomic E-state index is 11.4. The van der Waals surface area contributed by atoms with Crippen LogP contribution < -0.4 is 10.6 Å². The van der Waals surface area contributed by atoms with Gasteiger partial charge in [-0.25, -0.2) is 4.98 Å². The van der Waals surface area contributed by atoms with Gasteiger partial charge in [0.1, 0.15) is 5.82 Å². The van der Waals surface area contributed by atoms with Crippen molar-refractivity contribution >= 4 is 28.9 Å². The van der Waals surface area contributed by atoms with Gasteiger partial charge in [-0.2, -0.15) is 4.98 Å². The van der Waals surface area contributed by atoms with Gasteiger partial charge >= 0.3 is 0 Å². The Bertz CT molecular complexity index is 928. The number of aromatic nitrogens is 2. The lowest BCUT2D eigenvalue weighted by atomic mass is 10.1. The zero-order valence-electron chi connectivity index (χ0n) is 15.4. The highest BCUT2D eigenvalue weighted by Gasteiger charge is 2.07. The van der Waals surface area contributed by atoms with E-state index in [-0.39, 0.29) is 5.78 Å². The van der Waals surface area contributed by atoms with E-state index in [1.165, 1.54) is 0 Å². The first-order valence-electron chi connectivity index (χ1n) is 8.49. The van der Waals surface area contributed by atoms with Crippen molar-refractivity contribution in [2.24, 2.45) is 0 Å². The van der Waals surface area contributed by atoms with Crippen LogP contribution in [0.1, 0.15) is 34.1 Å². The molecule has 3 rings (SSSR count). The second-order valence-electron chi connectivity index (χ2n) is 6.37.